The number of carbonyl (C=O) groups is 1. The number of amides is 1. The molecule has 106 valence electrons. The van der Waals surface area contributed by atoms with E-state index >= 15 is 0 Å². The Morgan fingerprint density at radius 3 is 2.24 bits per heavy atom. The summed E-state index contributed by atoms with van der Waals surface area (Å²) >= 11 is 0. The Morgan fingerprint density at radius 1 is 1.05 bits per heavy atom. The predicted octanol–water partition coefficient (Wildman–Crippen LogP) is 2.04. The van der Waals surface area contributed by atoms with Crippen molar-refractivity contribution in [2.24, 2.45) is 0 Å². The number of ether oxygens (including phenoxy) is 1. The number of benzene rings is 2. The Labute approximate surface area is 121 Å². The summed E-state index contributed by atoms with van der Waals surface area (Å²) < 4.78 is 30.4. The standard InChI is InChI=1S/C14H10N2O4S/c15-10-11-6-8-12(9-7-11)20-14(17)16-21(18,19)13-4-2-1-3-5-13/h1-9H,(H,16,17). The first-order valence-corrected chi connectivity index (χ1v) is 7.29. The van der Waals surface area contributed by atoms with E-state index in [0.29, 0.717) is 5.56 Å². The normalized spacial score (nSPS) is 10.4. The molecule has 0 unspecified atom stereocenters. The van der Waals surface area contributed by atoms with Gasteiger partial charge in [0.05, 0.1) is 16.5 Å². The first kappa shape index (κ1) is 14.6. The lowest BCUT2D eigenvalue weighted by atomic mass is 10.2. The molecule has 0 radical (unpaired) electrons. The molecular formula is C14H10N2O4S. The molecule has 7 heteroatoms. The van der Waals surface area contributed by atoms with E-state index in [0.717, 1.165) is 0 Å². The first-order valence-electron chi connectivity index (χ1n) is 5.81. The third-order valence-corrected chi connectivity index (χ3v) is 3.79. The molecule has 0 fully saturated rings. The lowest BCUT2D eigenvalue weighted by Gasteiger charge is -2.07. The van der Waals surface area contributed by atoms with E-state index in [9.17, 15) is 13.2 Å². The highest BCUT2D eigenvalue weighted by atomic mass is 32.2. The number of rotatable bonds is 3. The van der Waals surface area contributed by atoms with Gasteiger partial charge in [0.2, 0.25) is 0 Å². The minimum Gasteiger partial charge on any atom is -0.410 e. The third-order valence-electron chi connectivity index (χ3n) is 2.47. The Morgan fingerprint density at radius 2 is 1.67 bits per heavy atom. The van der Waals surface area contributed by atoms with E-state index in [1.54, 1.807) is 22.9 Å². The van der Waals surface area contributed by atoms with Gasteiger partial charge in [-0.15, -0.1) is 0 Å². The van der Waals surface area contributed by atoms with E-state index in [2.05, 4.69) is 0 Å². The summed E-state index contributed by atoms with van der Waals surface area (Å²) in [7, 11) is -3.97. The summed E-state index contributed by atoms with van der Waals surface area (Å²) in [5.41, 5.74) is 0.402. The molecular weight excluding hydrogens is 292 g/mol. The van der Waals surface area contributed by atoms with Gasteiger partial charge in [-0.05, 0) is 36.4 Å². The Bertz CT molecular complexity index is 778. The van der Waals surface area contributed by atoms with E-state index in [4.69, 9.17) is 10.00 Å². The minimum atomic E-state index is -3.97. The van der Waals surface area contributed by atoms with Crippen LogP contribution in [0.25, 0.3) is 0 Å². The molecule has 0 aliphatic heterocycles. The second kappa shape index (κ2) is 6.07. The predicted molar refractivity (Wildman–Crippen MR) is 73.9 cm³/mol. The van der Waals surface area contributed by atoms with Crippen LogP contribution in [0.15, 0.2) is 59.5 Å². The molecule has 0 aromatic heterocycles. The molecule has 0 heterocycles. The van der Waals surface area contributed by atoms with Crippen molar-refractivity contribution in [1.82, 2.24) is 4.72 Å². The zero-order valence-corrected chi connectivity index (χ0v) is 11.5. The topological polar surface area (TPSA) is 96.3 Å². The molecule has 0 saturated carbocycles. The maximum atomic E-state index is 11.9. The van der Waals surface area contributed by atoms with Gasteiger partial charge in [0.25, 0.3) is 10.0 Å². The second-order valence-corrected chi connectivity index (χ2v) is 5.63. The molecule has 0 aliphatic carbocycles. The lowest BCUT2D eigenvalue weighted by Crippen LogP contribution is -2.32. The average molecular weight is 302 g/mol. The summed E-state index contributed by atoms with van der Waals surface area (Å²) in [6, 6.07) is 15.1. The van der Waals surface area contributed by atoms with Gasteiger partial charge in [-0.25, -0.2) is 17.9 Å². The molecule has 0 spiro atoms. The zero-order chi connectivity index (χ0) is 15.3. The van der Waals surface area contributed by atoms with Crippen molar-refractivity contribution in [3.8, 4) is 11.8 Å². The number of sulfonamides is 1. The molecule has 2 aromatic carbocycles. The molecule has 0 aliphatic rings. The van der Waals surface area contributed by atoms with Crippen LogP contribution in [0, 0.1) is 11.3 Å². The zero-order valence-electron chi connectivity index (χ0n) is 10.7. The van der Waals surface area contributed by atoms with Crippen LogP contribution in [0.3, 0.4) is 0 Å². The highest BCUT2D eigenvalue weighted by Crippen LogP contribution is 2.12. The van der Waals surface area contributed by atoms with Crippen LogP contribution in [0.2, 0.25) is 0 Å². The Kier molecular flexibility index (Phi) is 4.21. The van der Waals surface area contributed by atoms with Crippen molar-refractivity contribution in [3.05, 3.63) is 60.2 Å². The van der Waals surface area contributed by atoms with Gasteiger partial charge in [0.1, 0.15) is 5.75 Å². The summed E-state index contributed by atoms with van der Waals surface area (Å²) in [6.07, 6.45) is -1.12. The quantitative estimate of drug-likeness (QED) is 0.935. The summed E-state index contributed by atoms with van der Waals surface area (Å²) in [5, 5.41) is 8.64. The maximum Gasteiger partial charge on any atom is 0.426 e. The van der Waals surface area contributed by atoms with Gasteiger partial charge < -0.3 is 4.74 Å². The van der Waals surface area contributed by atoms with Crippen molar-refractivity contribution in [3.63, 3.8) is 0 Å². The average Bonchev–Trinajstić information content (AvgIpc) is 2.48. The van der Waals surface area contributed by atoms with Crippen LogP contribution in [-0.4, -0.2) is 14.5 Å². The molecule has 6 nitrogen and oxygen atoms in total. The number of carbonyl (C=O) groups excluding carboxylic acids is 1. The first-order chi connectivity index (χ1) is 10.0. The fourth-order valence-electron chi connectivity index (χ4n) is 1.49. The molecule has 0 atom stereocenters. The number of nitrogens with zero attached hydrogens (tertiary/aromatic N) is 1. The van der Waals surface area contributed by atoms with Gasteiger partial charge in [-0.1, -0.05) is 18.2 Å². The molecule has 1 N–H and O–H groups in total. The number of nitriles is 1. The van der Waals surface area contributed by atoms with Crippen molar-refractivity contribution in [2.45, 2.75) is 4.90 Å². The van der Waals surface area contributed by atoms with E-state index in [1.807, 2.05) is 6.07 Å². The van der Waals surface area contributed by atoms with Crippen LogP contribution in [-0.2, 0) is 10.0 Å². The Hall–Kier alpha value is -2.85. The van der Waals surface area contributed by atoms with Crippen molar-refractivity contribution >= 4 is 16.1 Å². The second-order valence-electron chi connectivity index (χ2n) is 3.94. The number of hydrogen-bond donors (Lipinski definition) is 1. The van der Waals surface area contributed by atoms with Gasteiger partial charge in [0.15, 0.2) is 0 Å². The van der Waals surface area contributed by atoms with Crippen LogP contribution >= 0.6 is 0 Å². The number of hydrogen-bond acceptors (Lipinski definition) is 5. The van der Waals surface area contributed by atoms with Crippen molar-refractivity contribution in [1.29, 1.82) is 5.26 Å². The molecule has 1 amide bonds. The van der Waals surface area contributed by atoms with Gasteiger partial charge in [0, 0.05) is 0 Å². The summed E-state index contributed by atoms with van der Waals surface area (Å²) in [5.74, 6) is 0.134. The SMILES string of the molecule is N#Cc1ccc(OC(=O)NS(=O)(=O)c2ccccc2)cc1. The highest BCUT2D eigenvalue weighted by Gasteiger charge is 2.18. The Balaban J connectivity index is 2.06. The van der Waals surface area contributed by atoms with E-state index in [1.165, 1.54) is 36.4 Å². The number of nitrogens with one attached hydrogen (secondary N) is 1. The fourth-order valence-corrected chi connectivity index (χ4v) is 2.39. The third kappa shape index (κ3) is 3.81. The van der Waals surface area contributed by atoms with Gasteiger partial charge in [-0.2, -0.15) is 5.26 Å². The van der Waals surface area contributed by atoms with Crippen LogP contribution in [0.1, 0.15) is 5.56 Å². The maximum absolute atomic E-state index is 11.9. The van der Waals surface area contributed by atoms with E-state index < -0.39 is 16.1 Å². The fraction of sp³-hybridized carbons (Fsp3) is 0. The van der Waals surface area contributed by atoms with Gasteiger partial charge in [-0.3, -0.25) is 0 Å². The van der Waals surface area contributed by atoms with Gasteiger partial charge >= 0.3 is 6.09 Å². The van der Waals surface area contributed by atoms with Crippen molar-refractivity contribution in [2.75, 3.05) is 0 Å². The van der Waals surface area contributed by atoms with Crippen LogP contribution in [0.4, 0.5) is 4.79 Å². The molecule has 21 heavy (non-hydrogen) atoms. The van der Waals surface area contributed by atoms with Crippen LogP contribution < -0.4 is 9.46 Å². The van der Waals surface area contributed by atoms with Crippen LogP contribution in [0.5, 0.6) is 5.75 Å². The highest BCUT2D eigenvalue weighted by molar-refractivity contribution is 7.90. The largest absolute Gasteiger partial charge is 0.426 e. The molecule has 0 saturated heterocycles. The summed E-state index contributed by atoms with van der Waals surface area (Å²) in [4.78, 5) is 11.5. The monoisotopic (exact) mass is 302 g/mol. The molecule has 2 rings (SSSR count). The van der Waals surface area contributed by atoms with Crippen molar-refractivity contribution < 1.29 is 17.9 Å². The smallest absolute Gasteiger partial charge is 0.410 e. The lowest BCUT2D eigenvalue weighted by molar-refractivity contribution is 0.207. The minimum absolute atomic E-state index is 0.0400. The van der Waals surface area contributed by atoms with E-state index in [-0.39, 0.29) is 10.6 Å². The molecule has 2 aromatic rings. The summed E-state index contributed by atoms with van der Waals surface area (Å²) in [6.45, 7) is 0. The molecule has 0 bridgehead atoms.